The third-order valence-corrected chi connectivity index (χ3v) is 7.25. The number of para-hydroxylation sites is 1. The van der Waals surface area contributed by atoms with Crippen molar-refractivity contribution >= 4 is 40.3 Å². The smallest absolute Gasteiger partial charge is 0.253 e. The number of aromatic nitrogens is 3. The number of hydrogen-bond acceptors (Lipinski definition) is 8. The standard InChI is InChI=1S/C30H28N6O3S/c1-20(29(38)34-32-18-22-17-24(39-2)15-16-27(22)37)40-30-35-33-28(36(30)23-11-4-3-5-12-23)19-31-26-14-8-10-21-9-6-7-13-25(21)26/h3-18,20,31,37H,19H2,1-2H3,(H,34,38). The van der Waals surface area contributed by atoms with E-state index in [1.807, 2.05) is 59.2 Å². The van der Waals surface area contributed by atoms with Crippen molar-refractivity contribution in [2.24, 2.45) is 5.10 Å². The highest BCUT2D eigenvalue weighted by molar-refractivity contribution is 8.00. The van der Waals surface area contributed by atoms with Crippen molar-refractivity contribution < 1.29 is 14.6 Å². The van der Waals surface area contributed by atoms with Gasteiger partial charge in [0, 0.05) is 22.3 Å². The number of phenolic OH excluding ortho intramolecular Hbond substituents is 1. The van der Waals surface area contributed by atoms with Crippen LogP contribution in [-0.2, 0) is 11.3 Å². The Labute approximate surface area is 235 Å². The summed E-state index contributed by atoms with van der Waals surface area (Å²) in [6, 6.07) is 28.9. The van der Waals surface area contributed by atoms with Gasteiger partial charge in [-0.3, -0.25) is 9.36 Å². The van der Waals surface area contributed by atoms with Crippen molar-refractivity contribution in [3.8, 4) is 17.2 Å². The number of carbonyl (C=O) groups excluding carboxylic acids is 1. The molecule has 3 N–H and O–H groups in total. The number of ether oxygens (including phenoxy) is 1. The van der Waals surface area contributed by atoms with Gasteiger partial charge in [-0.25, -0.2) is 5.43 Å². The maximum Gasteiger partial charge on any atom is 0.253 e. The van der Waals surface area contributed by atoms with Crippen molar-refractivity contribution in [1.29, 1.82) is 0 Å². The number of anilines is 1. The number of nitrogens with zero attached hydrogens (tertiary/aromatic N) is 4. The van der Waals surface area contributed by atoms with E-state index in [4.69, 9.17) is 4.74 Å². The monoisotopic (exact) mass is 552 g/mol. The topological polar surface area (TPSA) is 114 Å². The number of aromatic hydroxyl groups is 1. The summed E-state index contributed by atoms with van der Waals surface area (Å²) in [6.45, 7) is 2.21. The molecule has 0 aliphatic rings. The third kappa shape index (κ3) is 6.08. The van der Waals surface area contributed by atoms with Crippen LogP contribution in [0.15, 0.2) is 101 Å². The van der Waals surface area contributed by atoms with Crippen molar-refractivity contribution in [2.45, 2.75) is 23.9 Å². The zero-order valence-electron chi connectivity index (χ0n) is 22.0. The average molecular weight is 553 g/mol. The molecular weight excluding hydrogens is 524 g/mol. The lowest BCUT2D eigenvalue weighted by atomic mass is 10.1. The van der Waals surface area contributed by atoms with Crippen LogP contribution in [0.5, 0.6) is 11.5 Å². The Bertz CT molecular complexity index is 1650. The van der Waals surface area contributed by atoms with E-state index in [0.717, 1.165) is 22.1 Å². The summed E-state index contributed by atoms with van der Waals surface area (Å²) in [7, 11) is 1.54. The first-order valence-corrected chi connectivity index (χ1v) is 13.5. The van der Waals surface area contributed by atoms with E-state index in [1.54, 1.807) is 19.1 Å². The van der Waals surface area contributed by atoms with Crippen LogP contribution in [-0.4, -0.2) is 44.4 Å². The Morgan fingerprint density at radius 2 is 1.82 bits per heavy atom. The number of hydrazone groups is 1. The van der Waals surface area contributed by atoms with E-state index in [1.165, 1.54) is 31.2 Å². The highest BCUT2D eigenvalue weighted by Gasteiger charge is 2.21. The summed E-state index contributed by atoms with van der Waals surface area (Å²) < 4.78 is 7.12. The molecule has 0 radical (unpaired) electrons. The van der Waals surface area contributed by atoms with E-state index in [2.05, 4.69) is 44.2 Å². The molecule has 40 heavy (non-hydrogen) atoms. The largest absolute Gasteiger partial charge is 0.507 e. The molecule has 0 bridgehead atoms. The molecule has 1 amide bonds. The normalized spacial score (nSPS) is 11.9. The van der Waals surface area contributed by atoms with Gasteiger partial charge in [-0.05, 0) is 48.7 Å². The predicted molar refractivity (Wildman–Crippen MR) is 158 cm³/mol. The van der Waals surface area contributed by atoms with Gasteiger partial charge in [0.2, 0.25) is 0 Å². The lowest BCUT2D eigenvalue weighted by Crippen LogP contribution is -2.27. The minimum absolute atomic E-state index is 0.0295. The molecule has 0 aliphatic carbocycles. The molecule has 9 nitrogen and oxygen atoms in total. The quantitative estimate of drug-likeness (QED) is 0.121. The number of carbonyl (C=O) groups is 1. The van der Waals surface area contributed by atoms with Gasteiger partial charge in [-0.1, -0.05) is 66.4 Å². The minimum Gasteiger partial charge on any atom is -0.507 e. The molecule has 5 rings (SSSR count). The fraction of sp³-hybridized carbons (Fsp3) is 0.133. The number of nitrogens with one attached hydrogen (secondary N) is 2. The first kappa shape index (κ1) is 26.8. The van der Waals surface area contributed by atoms with Crippen LogP contribution in [0.4, 0.5) is 5.69 Å². The molecule has 0 aliphatic heterocycles. The van der Waals surface area contributed by atoms with Gasteiger partial charge in [-0.2, -0.15) is 5.10 Å². The first-order chi connectivity index (χ1) is 19.5. The van der Waals surface area contributed by atoms with Crippen LogP contribution in [0.1, 0.15) is 18.3 Å². The van der Waals surface area contributed by atoms with Gasteiger partial charge in [0.05, 0.1) is 25.1 Å². The first-order valence-electron chi connectivity index (χ1n) is 12.6. The van der Waals surface area contributed by atoms with E-state index in [9.17, 15) is 9.90 Å². The Hall–Kier alpha value is -4.83. The fourth-order valence-electron chi connectivity index (χ4n) is 4.11. The summed E-state index contributed by atoms with van der Waals surface area (Å²) in [5.41, 5.74) is 4.85. The molecule has 1 heterocycles. The summed E-state index contributed by atoms with van der Waals surface area (Å²) in [4.78, 5) is 12.8. The van der Waals surface area contributed by atoms with Crippen LogP contribution in [0, 0.1) is 0 Å². The second-order valence-corrected chi connectivity index (χ2v) is 10.2. The van der Waals surface area contributed by atoms with E-state index >= 15 is 0 Å². The van der Waals surface area contributed by atoms with Crippen molar-refractivity contribution in [3.63, 3.8) is 0 Å². The summed E-state index contributed by atoms with van der Waals surface area (Å²) in [5, 5.41) is 28.7. The van der Waals surface area contributed by atoms with E-state index in [-0.39, 0.29) is 11.7 Å². The van der Waals surface area contributed by atoms with Gasteiger partial charge >= 0.3 is 0 Å². The Morgan fingerprint density at radius 3 is 2.65 bits per heavy atom. The Morgan fingerprint density at radius 1 is 1.05 bits per heavy atom. The number of fused-ring (bicyclic) bond motifs is 1. The highest BCUT2D eigenvalue weighted by atomic mass is 32.2. The number of rotatable bonds is 10. The molecule has 1 atom stereocenters. The second-order valence-electron chi connectivity index (χ2n) is 8.87. The number of amides is 1. The molecule has 4 aromatic carbocycles. The number of hydrogen-bond donors (Lipinski definition) is 3. The lowest BCUT2D eigenvalue weighted by molar-refractivity contribution is -0.120. The molecule has 0 fully saturated rings. The molecule has 0 spiro atoms. The molecule has 0 saturated carbocycles. The van der Waals surface area contributed by atoms with E-state index in [0.29, 0.717) is 28.8 Å². The van der Waals surface area contributed by atoms with E-state index < -0.39 is 5.25 Å². The van der Waals surface area contributed by atoms with Crippen LogP contribution >= 0.6 is 11.8 Å². The maximum atomic E-state index is 12.8. The fourth-order valence-corrected chi connectivity index (χ4v) is 4.99. The van der Waals surface area contributed by atoms with Crippen molar-refractivity contribution in [2.75, 3.05) is 12.4 Å². The SMILES string of the molecule is COc1ccc(O)c(C=NNC(=O)C(C)Sc2nnc(CNc3cccc4ccccc34)n2-c2ccccc2)c1. The highest BCUT2D eigenvalue weighted by Crippen LogP contribution is 2.28. The van der Waals surface area contributed by atoms with Crippen LogP contribution < -0.4 is 15.5 Å². The predicted octanol–water partition coefficient (Wildman–Crippen LogP) is 5.38. The molecule has 1 aromatic heterocycles. The Kier molecular flexibility index (Phi) is 8.26. The zero-order chi connectivity index (χ0) is 27.9. The second kappa shape index (κ2) is 12.4. The van der Waals surface area contributed by atoms with Crippen molar-refractivity contribution in [1.82, 2.24) is 20.2 Å². The molecule has 10 heteroatoms. The minimum atomic E-state index is -0.526. The van der Waals surface area contributed by atoms with Crippen LogP contribution in [0.3, 0.4) is 0 Å². The number of benzene rings is 4. The lowest BCUT2D eigenvalue weighted by Gasteiger charge is -2.14. The van der Waals surface area contributed by atoms with Gasteiger partial charge in [0.1, 0.15) is 11.5 Å². The van der Waals surface area contributed by atoms with Gasteiger partial charge < -0.3 is 15.2 Å². The molecule has 5 aromatic rings. The summed E-state index contributed by atoms with van der Waals surface area (Å²) in [6.07, 6.45) is 1.37. The number of phenols is 1. The van der Waals surface area contributed by atoms with Crippen LogP contribution in [0.2, 0.25) is 0 Å². The number of thioether (sulfide) groups is 1. The van der Waals surface area contributed by atoms with Crippen LogP contribution in [0.25, 0.3) is 16.5 Å². The Balaban J connectivity index is 1.32. The van der Waals surface area contributed by atoms with Gasteiger partial charge in [0.15, 0.2) is 11.0 Å². The molecule has 0 saturated heterocycles. The van der Waals surface area contributed by atoms with Crippen molar-refractivity contribution in [3.05, 3.63) is 102 Å². The molecule has 1 unspecified atom stereocenters. The maximum absolute atomic E-state index is 12.8. The third-order valence-electron chi connectivity index (χ3n) is 6.21. The summed E-state index contributed by atoms with van der Waals surface area (Å²) in [5.74, 6) is 0.991. The van der Waals surface area contributed by atoms with Gasteiger partial charge in [0.25, 0.3) is 5.91 Å². The zero-order valence-corrected chi connectivity index (χ0v) is 22.8. The molecular formula is C30H28N6O3S. The number of methoxy groups -OCH3 is 1. The van der Waals surface area contributed by atoms with Gasteiger partial charge in [-0.15, -0.1) is 10.2 Å². The molecule has 202 valence electrons. The average Bonchev–Trinajstić information content (AvgIpc) is 3.39. The summed E-state index contributed by atoms with van der Waals surface area (Å²) >= 11 is 1.28.